The van der Waals surface area contributed by atoms with E-state index in [0.29, 0.717) is 16.0 Å². The third kappa shape index (κ3) is 5.08. The zero-order valence-corrected chi connectivity index (χ0v) is 20.1. The van der Waals surface area contributed by atoms with Crippen LogP contribution in [0.2, 0.25) is 0 Å². The molecule has 174 valence electrons. The van der Waals surface area contributed by atoms with Crippen molar-refractivity contribution >= 4 is 28.9 Å². The lowest BCUT2D eigenvalue weighted by Crippen LogP contribution is -2.34. The highest BCUT2D eigenvalue weighted by atomic mass is 32.1. The Morgan fingerprint density at radius 2 is 1.66 bits per heavy atom. The van der Waals surface area contributed by atoms with E-state index in [2.05, 4.69) is 5.32 Å². The average Bonchev–Trinajstić information content (AvgIpc) is 3.21. The fourth-order valence-corrected chi connectivity index (χ4v) is 4.77. The summed E-state index contributed by atoms with van der Waals surface area (Å²) in [6, 6.07) is 27.5. The first-order valence-corrected chi connectivity index (χ1v) is 11.8. The molecule has 0 aliphatic carbocycles. The number of carbonyl (C=O) groups excluding carboxylic acids is 1. The molecule has 1 atom stereocenters. The number of rotatable bonds is 6. The summed E-state index contributed by atoms with van der Waals surface area (Å²) in [6.45, 7) is 1.85. The van der Waals surface area contributed by atoms with E-state index in [4.69, 9.17) is 4.74 Å². The van der Waals surface area contributed by atoms with Crippen molar-refractivity contribution in [3.05, 3.63) is 116 Å². The number of carbonyl (C=O) groups is 1. The Balaban J connectivity index is 1.92. The highest BCUT2D eigenvalue weighted by Gasteiger charge is 2.19. The first kappa shape index (κ1) is 23.7. The van der Waals surface area contributed by atoms with Gasteiger partial charge in [-0.05, 0) is 36.8 Å². The molecule has 35 heavy (non-hydrogen) atoms. The van der Waals surface area contributed by atoms with Crippen LogP contribution in [-0.2, 0) is 4.79 Å². The van der Waals surface area contributed by atoms with Gasteiger partial charge in [0.05, 0.1) is 23.4 Å². The lowest BCUT2D eigenvalue weighted by atomic mass is 10.1. The lowest BCUT2D eigenvalue weighted by Gasteiger charge is -2.13. The maximum atomic E-state index is 13.5. The number of thiazole rings is 1. The van der Waals surface area contributed by atoms with Crippen molar-refractivity contribution in [3.8, 4) is 17.5 Å². The second-order valence-electron chi connectivity index (χ2n) is 7.73. The number of aromatic nitrogens is 1. The van der Waals surface area contributed by atoms with E-state index >= 15 is 0 Å². The Morgan fingerprint density at radius 3 is 2.31 bits per heavy atom. The first-order valence-electron chi connectivity index (χ1n) is 11.0. The molecule has 0 aliphatic heterocycles. The van der Waals surface area contributed by atoms with E-state index in [1.807, 2.05) is 67.6 Å². The number of para-hydroxylation sites is 2. The van der Waals surface area contributed by atoms with Gasteiger partial charge in [-0.15, -0.1) is 11.3 Å². The number of benzene rings is 3. The van der Waals surface area contributed by atoms with Gasteiger partial charge < -0.3 is 10.1 Å². The van der Waals surface area contributed by atoms with Gasteiger partial charge in [-0.25, -0.2) is 0 Å². The van der Waals surface area contributed by atoms with Crippen molar-refractivity contribution in [3.63, 3.8) is 0 Å². The van der Waals surface area contributed by atoms with Gasteiger partial charge >= 0.3 is 0 Å². The third-order valence-corrected chi connectivity index (χ3v) is 6.56. The molecule has 6 nitrogen and oxygen atoms in total. The molecule has 0 aliphatic rings. The number of ether oxygens (including phenoxy) is 1. The molecule has 1 unspecified atom stereocenters. The van der Waals surface area contributed by atoms with Crippen LogP contribution in [0.4, 0.5) is 0 Å². The molecular weight excluding hydrogens is 458 g/mol. The number of nitrogens with one attached hydrogen (secondary N) is 1. The summed E-state index contributed by atoms with van der Waals surface area (Å²) in [5.74, 6) is 0.0747. The molecule has 7 heteroatoms. The van der Waals surface area contributed by atoms with Gasteiger partial charge in [-0.1, -0.05) is 66.7 Å². The monoisotopic (exact) mass is 481 g/mol. The quantitative estimate of drug-likeness (QED) is 0.458. The minimum absolute atomic E-state index is 0.126. The fraction of sp³-hybridized carbons (Fsp3) is 0.107. The van der Waals surface area contributed by atoms with Gasteiger partial charge in [0.1, 0.15) is 16.5 Å². The standard InChI is InChI=1S/C28H23N3O3S/c1-19(20-11-5-3-6-12-20)30-26(32)23(18-29)28-31(22-14-7-4-8-15-22)27(33)25(35-28)17-21-13-9-10-16-24(21)34-2/h3-17,19H,1-2H3,(H,30,32). The highest BCUT2D eigenvalue weighted by Crippen LogP contribution is 2.17. The Morgan fingerprint density at radius 1 is 1.03 bits per heavy atom. The summed E-state index contributed by atoms with van der Waals surface area (Å²) in [6.07, 6.45) is 1.72. The normalized spacial score (nSPS) is 13.0. The summed E-state index contributed by atoms with van der Waals surface area (Å²) in [5, 5.41) is 12.9. The maximum absolute atomic E-state index is 13.5. The molecule has 1 aromatic heterocycles. The van der Waals surface area contributed by atoms with Gasteiger partial charge in [0, 0.05) is 5.56 Å². The van der Waals surface area contributed by atoms with E-state index < -0.39 is 5.91 Å². The molecule has 0 saturated heterocycles. The van der Waals surface area contributed by atoms with Crippen molar-refractivity contribution in [2.75, 3.05) is 7.11 Å². The van der Waals surface area contributed by atoms with E-state index in [1.165, 1.54) is 4.57 Å². The molecule has 1 heterocycles. The smallest absolute Gasteiger partial charge is 0.273 e. The van der Waals surface area contributed by atoms with Gasteiger partial charge in [0.2, 0.25) is 0 Å². The summed E-state index contributed by atoms with van der Waals surface area (Å²) in [4.78, 5) is 26.7. The van der Waals surface area contributed by atoms with E-state index in [1.54, 1.807) is 43.5 Å². The van der Waals surface area contributed by atoms with Crippen LogP contribution in [0.15, 0.2) is 89.7 Å². The maximum Gasteiger partial charge on any atom is 0.273 e. The zero-order valence-electron chi connectivity index (χ0n) is 19.3. The second-order valence-corrected chi connectivity index (χ2v) is 8.76. The van der Waals surface area contributed by atoms with Crippen molar-refractivity contribution in [2.24, 2.45) is 0 Å². The number of nitriles is 1. The molecular formula is C28H23N3O3S. The topological polar surface area (TPSA) is 84.1 Å². The molecule has 3 aromatic carbocycles. The highest BCUT2D eigenvalue weighted by molar-refractivity contribution is 7.07. The van der Waals surface area contributed by atoms with Crippen LogP contribution in [-0.4, -0.2) is 17.6 Å². The largest absolute Gasteiger partial charge is 0.496 e. The van der Waals surface area contributed by atoms with E-state index in [0.717, 1.165) is 22.5 Å². The van der Waals surface area contributed by atoms with Gasteiger partial charge in [-0.2, -0.15) is 5.26 Å². The van der Waals surface area contributed by atoms with Crippen molar-refractivity contribution < 1.29 is 9.53 Å². The van der Waals surface area contributed by atoms with E-state index in [9.17, 15) is 14.9 Å². The summed E-state index contributed by atoms with van der Waals surface area (Å²) in [7, 11) is 1.56. The van der Waals surface area contributed by atoms with Crippen LogP contribution in [0.1, 0.15) is 24.1 Å². The number of hydrogen-bond donors (Lipinski definition) is 1. The van der Waals surface area contributed by atoms with Crippen LogP contribution < -0.4 is 24.8 Å². The number of hydrogen-bond acceptors (Lipinski definition) is 5. The van der Waals surface area contributed by atoms with Crippen LogP contribution in [0, 0.1) is 11.3 Å². The Labute approximate surface area is 206 Å². The predicted octanol–water partition coefficient (Wildman–Crippen LogP) is 3.29. The van der Waals surface area contributed by atoms with Crippen molar-refractivity contribution in [1.82, 2.24) is 9.88 Å². The summed E-state index contributed by atoms with van der Waals surface area (Å²) in [5.41, 5.74) is 1.76. The average molecular weight is 482 g/mol. The number of methoxy groups -OCH3 is 1. The first-order chi connectivity index (χ1) is 17.0. The molecule has 1 N–H and O–H groups in total. The molecule has 0 saturated carbocycles. The molecule has 1 amide bonds. The second kappa shape index (κ2) is 10.7. The molecule has 0 spiro atoms. The van der Waals surface area contributed by atoms with Crippen LogP contribution in [0.3, 0.4) is 0 Å². The van der Waals surface area contributed by atoms with Crippen LogP contribution in [0.5, 0.6) is 5.75 Å². The van der Waals surface area contributed by atoms with Crippen molar-refractivity contribution in [1.29, 1.82) is 5.26 Å². The van der Waals surface area contributed by atoms with Gasteiger partial charge in [-0.3, -0.25) is 14.2 Å². The molecule has 0 bridgehead atoms. The SMILES string of the molecule is COc1ccccc1C=c1sc(=C(C#N)C(=O)NC(C)c2ccccc2)n(-c2ccccc2)c1=O. The number of amides is 1. The zero-order chi connectivity index (χ0) is 24.8. The minimum Gasteiger partial charge on any atom is -0.496 e. The lowest BCUT2D eigenvalue weighted by molar-refractivity contribution is -0.116. The number of nitrogens with zero attached hydrogens (tertiary/aromatic N) is 2. The fourth-order valence-electron chi connectivity index (χ4n) is 3.68. The Bertz CT molecular complexity index is 1570. The van der Waals surface area contributed by atoms with Gasteiger partial charge in [0.15, 0.2) is 5.57 Å². The van der Waals surface area contributed by atoms with Crippen molar-refractivity contribution in [2.45, 2.75) is 13.0 Å². The van der Waals surface area contributed by atoms with Gasteiger partial charge in [0.25, 0.3) is 11.5 Å². The van der Waals surface area contributed by atoms with E-state index in [-0.39, 0.29) is 21.8 Å². The molecule has 0 radical (unpaired) electrons. The molecule has 4 aromatic rings. The Hall–Kier alpha value is -4.41. The minimum atomic E-state index is -0.543. The van der Waals surface area contributed by atoms with Crippen LogP contribution >= 0.6 is 11.3 Å². The predicted molar refractivity (Wildman–Crippen MR) is 138 cm³/mol. The molecule has 4 rings (SSSR count). The Kier molecular flexibility index (Phi) is 7.24. The van der Waals surface area contributed by atoms with Crippen LogP contribution in [0.25, 0.3) is 17.3 Å². The summed E-state index contributed by atoms with van der Waals surface area (Å²) >= 11 is 1.10. The molecule has 0 fully saturated rings. The summed E-state index contributed by atoms with van der Waals surface area (Å²) < 4.78 is 7.47. The third-order valence-electron chi connectivity index (χ3n) is 5.46.